The van der Waals surface area contributed by atoms with Crippen molar-refractivity contribution in [3.05, 3.63) is 39.6 Å². The summed E-state index contributed by atoms with van der Waals surface area (Å²) in [5, 5.41) is 6.56. The molecule has 0 radical (unpaired) electrons. The van der Waals surface area contributed by atoms with Crippen LogP contribution in [0.3, 0.4) is 0 Å². The summed E-state index contributed by atoms with van der Waals surface area (Å²) < 4.78 is 37.8. The molecule has 0 fully saturated rings. The summed E-state index contributed by atoms with van der Waals surface area (Å²) in [6.45, 7) is 0. The van der Waals surface area contributed by atoms with Crippen molar-refractivity contribution in [1.29, 1.82) is 0 Å². The van der Waals surface area contributed by atoms with Gasteiger partial charge in [0, 0.05) is 5.56 Å². The molecular formula is C10H6F3IN2. The predicted octanol–water partition coefficient (Wildman–Crippen LogP) is 3.70. The molecule has 1 N–H and O–H groups in total. The van der Waals surface area contributed by atoms with Crippen LogP contribution in [0.1, 0.15) is 5.56 Å². The van der Waals surface area contributed by atoms with Gasteiger partial charge in [0.15, 0.2) is 0 Å². The maximum absolute atomic E-state index is 12.3. The summed E-state index contributed by atoms with van der Waals surface area (Å²) >= 11 is 2.07. The van der Waals surface area contributed by atoms with Crippen molar-refractivity contribution in [1.82, 2.24) is 10.2 Å². The van der Waals surface area contributed by atoms with Crippen molar-refractivity contribution in [2.24, 2.45) is 0 Å². The Bertz CT molecular complexity index is 488. The molecule has 0 amide bonds. The summed E-state index contributed by atoms with van der Waals surface area (Å²) in [6, 6.07) is 4.98. The first-order chi connectivity index (χ1) is 7.48. The van der Waals surface area contributed by atoms with E-state index in [4.69, 9.17) is 0 Å². The second kappa shape index (κ2) is 4.08. The Balaban J connectivity index is 2.37. The minimum absolute atomic E-state index is 0.647. The average molecular weight is 338 g/mol. The van der Waals surface area contributed by atoms with Crippen molar-refractivity contribution in [2.45, 2.75) is 6.18 Å². The Labute approximate surface area is 103 Å². The maximum Gasteiger partial charge on any atom is 0.416 e. The van der Waals surface area contributed by atoms with Crippen molar-refractivity contribution in [3.8, 4) is 11.3 Å². The molecule has 0 saturated carbocycles. The molecule has 1 heterocycles. The Morgan fingerprint density at radius 1 is 1.12 bits per heavy atom. The van der Waals surface area contributed by atoms with Crippen LogP contribution in [0.15, 0.2) is 30.5 Å². The molecule has 0 atom stereocenters. The number of H-pyrrole nitrogens is 1. The molecule has 0 aliphatic heterocycles. The highest BCUT2D eigenvalue weighted by Crippen LogP contribution is 2.31. The number of hydrogen-bond donors (Lipinski definition) is 1. The number of nitrogens with one attached hydrogen (secondary N) is 1. The predicted molar refractivity (Wildman–Crippen MR) is 61.7 cm³/mol. The second-order valence-corrected chi connectivity index (χ2v) is 4.33. The monoisotopic (exact) mass is 338 g/mol. The fraction of sp³-hybridized carbons (Fsp3) is 0.100. The van der Waals surface area contributed by atoms with E-state index in [2.05, 4.69) is 32.8 Å². The lowest BCUT2D eigenvalue weighted by atomic mass is 10.1. The van der Waals surface area contributed by atoms with Gasteiger partial charge < -0.3 is 0 Å². The zero-order valence-corrected chi connectivity index (χ0v) is 10.0. The fourth-order valence-electron chi connectivity index (χ4n) is 1.30. The second-order valence-electron chi connectivity index (χ2n) is 3.17. The number of aromatic nitrogens is 2. The minimum atomic E-state index is -4.29. The zero-order valence-electron chi connectivity index (χ0n) is 7.85. The van der Waals surface area contributed by atoms with Crippen LogP contribution < -0.4 is 0 Å². The van der Waals surface area contributed by atoms with Crippen molar-refractivity contribution in [3.63, 3.8) is 0 Å². The van der Waals surface area contributed by atoms with Gasteiger partial charge in [-0.1, -0.05) is 12.1 Å². The molecule has 6 heteroatoms. The number of aromatic amines is 1. The highest BCUT2D eigenvalue weighted by Gasteiger charge is 2.30. The summed E-state index contributed by atoms with van der Waals surface area (Å²) in [5.41, 5.74) is 0.773. The molecule has 1 aromatic carbocycles. The largest absolute Gasteiger partial charge is 0.416 e. The van der Waals surface area contributed by atoms with Crippen molar-refractivity contribution < 1.29 is 13.2 Å². The van der Waals surface area contributed by atoms with Crippen LogP contribution in [-0.2, 0) is 6.18 Å². The van der Waals surface area contributed by atoms with Gasteiger partial charge in [0.1, 0.15) is 0 Å². The van der Waals surface area contributed by atoms with Gasteiger partial charge in [0.2, 0.25) is 0 Å². The summed E-state index contributed by atoms with van der Waals surface area (Å²) in [4.78, 5) is 0. The van der Waals surface area contributed by atoms with E-state index in [9.17, 15) is 13.2 Å². The average Bonchev–Trinajstić information content (AvgIpc) is 2.63. The smallest absolute Gasteiger partial charge is 0.277 e. The van der Waals surface area contributed by atoms with Crippen molar-refractivity contribution >= 4 is 22.6 Å². The lowest BCUT2D eigenvalue weighted by Crippen LogP contribution is -2.04. The van der Waals surface area contributed by atoms with Crippen molar-refractivity contribution in [2.75, 3.05) is 0 Å². The van der Waals surface area contributed by atoms with E-state index in [0.29, 0.717) is 5.56 Å². The first-order valence-corrected chi connectivity index (χ1v) is 5.43. The normalized spacial score (nSPS) is 11.8. The van der Waals surface area contributed by atoms with Crippen LogP contribution in [-0.4, -0.2) is 10.2 Å². The van der Waals surface area contributed by atoms with Crippen LogP contribution in [0.4, 0.5) is 13.2 Å². The van der Waals surface area contributed by atoms with Gasteiger partial charge in [0.25, 0.3) is 0 Å². The van der Waals surface area contributed by atoms with Crippen LogP contribution in [0, 0.1) is 3.57 Å². The number of alkyl halides is 3. The molecule has 0 aliphatic rings. The van der Waals surface area contributed by atoms with Gasteiger partial charge in [-0.15, -0.1) is 0 Å². The Morgan fingerprint density at radius 3 is 2.19 bits per heavy atom. The van der Waals surface area contributed by atoms with Gasteiger partial charge in [-0.2, -0.15) is 18.3 Å². The quantitative estimate of drug-likeness (QED) is 0.790. The van der Waals surface area contributed by atoms with Crippen LogP contribution in [0.5, 0.6) is 0 Å². The van der Waals surface area contributed by atoms with Crippen LogP contribution >= 0.6 is 22.6 Å². The third-order valence-electron chi connectivity index (χ3n) is 2.09. The van der Waals surface area contributed by atoms with E-state index in [1.807, 2.05) is 0 Å². The Kier molecular flexibility index (Phi) is 2.92. The van der Waals surface area contributed by atoms with E-state index in [1.165, 1.54) is 12.1 Å². The van der Waals surface area contributed by atoms with Gasteiger partial charge in [-0.3, -0.25) is 5.10 Å². The van der Waals surface area contributed by atoms with E-state index >= 15 is 0 Å². The SMILES string of the molecule is FC(F)(F)c1ccc(-c2[nH]ncc2I)cc1. The highest BCUT2D eigenvalue weighted by atomic mass is 127. The number of nitrogens with zero attached hydrogens (tertiary/aromatic N) is 1. The number of hydrogen-bond acceptors (Lipinski definition) is 1. The Hall–Kier alpha value is -1.05. The summed E-state index contributed by atoms with van der Waals surface area (Å²) in [6.07, 6.45) is -2.67. The first kappa shape index (κ1) is 11.4. The van der Waals surface area contributed by atoms with E-state index < -0.39 is 11.7 Å². The van der Waals surface area contributed by atoms with Gasteiger partial charge in [-0.25, -0.2) is 0 Å². The molecule has 0 saturated heterocycles. The molecule has 0 bridgehead atoms. The maximum atomic E-state index is 12.3. The molecule has 0 spiro atoms. The molecular weight excluding hydrogens is 332 g/mol. The summed E-state index contributed by atoms with van der Waals surface area (Å²) in [7, 11) is 0. The first-order valence-electron chi connectivity index (χ1n) is 4.35. The van der Waals surface area contributed by atoms with Crippen LogP contribution in [0.25, 0.3) is 11.3 Å². The van der Waals surface area contributed by atoms with Gasteiger partial charge >= 0.3 is 6.18 Å². The molecule has 84 valence electrons. The molecule has 0 unspecified atom stereocenters. The molecule has 2 rings (SSSR count). The van der Waals surface area contributed by atoms with Crippen LogP contribution in [0.2, 0.25) is 0 Å². The molecule has 1 aromatic heterocycles. The van der Waals surface area contributed by atoms with Gasteiger partial charge in [-0.05, 0) is 34.7 Å². The van der Waals surface area contributed by atoms with E-state index in [-0.39, 0.29) is 0 Å². The summed E-state index contributed by atoms with van der Waals surface area (Å²) in [5.74, 6) is 0. The number of halogens is 4. The third kappa shape index (κ3) is 2.21. The minimum Gasteiger partial charge on any atom is -0.277 e. The fourth-order valence-corrected chi connectivity index (χ4v) is 1.87. The third-order valence-corrected chi connectivity index (χ3v) is 2.91. The lowest BCUT2D eigenvalue weighted by molar-refractivity contribution is -0.137. The highest BCUT2D eigenvalue weighted by molar-refractivity contribution is 14.1. The van der Waals surface area contributed by atoms with E-state index in [1.54, 1.807) is 6.20 Å². The van der Waals surface area contributed by atoms with E-state index in [0.717, 1.165) is 21.4 Å². The molecule has 16 heavy (non-hydrogen) atoms. The van der Waals surface area contributed by atoms with Gasteiger partial charge in [0.05, 0.1) is 21.0 Å². The lowest BCUT2D eigenvalue weighted by Gasteiger charge is -2.06. The Morgan fingerprint density at radius 2 is 1.75 bits per heavy atom. The molecule has 2 aromatic rings. The topological polar surface area (TPSA) is 28.7 Å². The zero-order chi connectivity index (χ0) is 11.8. The number of rotatable bonds is 1. The standard InChI is InChI=1S/C10H6F3IN2/c11-10(12,13)7-3-1-6(2-4-7)9-8(14)5-15-16-9/h1-5H,(H,15,16). The molecule has 2 nitrogen and oxygen atoms in total. The molecule has 0 aliphatic carbocycles. The number of benzene rings is 1.